The molecular formula is C26H33N3O4S. The number of carbonyl (C=O) groups is 2. The number of ether oxygens (including phenoxy) is 2. The van der Waals surface area contributed by atoms with Crippen LogP contribution in [0.15, 0.2) is 52.8 Å². The van der Waals surface area contributed by atoms with Crippen LogP contribution in [0.2, 0.25) is 0 Å². The fourth-order valence-corrected chi connectivity index (χ4v) is 4.98. The molecule has 0 unspecified atom stereocenters. The number of benzene rings is 1. The first-order valence-electron chi connectivity index (χ1n) is 11.8. The van der Waals surface area contributed by atoms with Crippen molar-refractivity contribution in [3.8, 4) is 0 Å². The number of hydrogen-bond donors (Lipinski definition) is 0. The maximum Gasteiger partial charge on any atom is 0.411 e. The smallest absolute Gasteiger partial charge is 0.411 e. The monoisotopic (exact) mass is 483 g/mol. The van der Waals surface area contributed by atoms with E-state index in [1.54, 1.807) is 16.2 Å². The van der Waals surface area contributed by atoms with E-state index in [-0.39, 0.29) is 17.9 Å². The van der Waals surface area contributed by atoms with Gasteiger partial charge in [-0.3, -0.25) is 9.69 Å². The molecule has 1 saturated heterocycles. The number of aryl methyl sites for hydroxylation is 1. The van der Waals surface area contributed by atoms with Gasteiger partial charge >= 0.3 is 6.09 Å². The van der Waals surface area contributed by atoms with Gasteiger partial charge in [-0.15, -0.1) is 11.3 Å². The summed E-state index contributed by atoms with van der Waals surface area (Å²) in [6.45, 7) is 8.78. The Balaban J connectivity index is 1.48. The van der Waals surface area contributed by atoms with Gasteiger partial charge in [0.05, 0.1) is 12.6 Å². The first-order chi connectivity index (χ1) is 16.2. The number of hydrogen-bond acceptors (Lipinski definition) is 7. The lowest BCUT2D eigenvalue weighted by Gasteiger charge is -2.41. The summed E-state index contributed by atoms with van der Waals surface area (Å²) in [6.07, 6.45) is 0.425. The third-order valence-electron chi connectivity index (χ3n) is 5.96. The maximum atomic E-state index is 13.3. The molecule has 0 N–H and O–H groups in total. The molecule has 0 bridgehead atoms. The quantitative estimate of drug-likeness (QED) is 0.617. The summed E-state index contributed by atoms with van der Waals surface area (Å²) in [6, 6.07) is 14.0. The van der Waals surface area contributed by atoms with E-state index in [1.165, 1.54) is 0 Å². The van der Waals surface area contributed by atoms with E-state index in [1.807, 2.05) is 80.4 Å². The lowest BCUT2D eigenvalue weighted by molar-refractivity contribution is -0.126. The second-order valence-corrected chi connectivity index (χ2v) is 10.8. The summed E-state index contributed by atoms with van der Waals surface area (Å²) < 4.78 is 11.9. The number of ketones is 1. The highest BCUT2D eigenvalue weighted by atomic mass is 32.1. The molecule has 0 radical (unpaired) electrons. The molecule has 0 aliphatic carbocycles. The molecule has 3 atom stereocenters. The Hall–Kier alpha value is -2.87. The lowest BCUT2D eigenvalue weighted by atomic mass is 10.0. The Morgan fingerprint density at radius 3 is 2.59 bits per heavy atom. The molecule has 1 amide bonds. The minimum absolute atomic E-state index is 0.0233. The van der Waals surface area contributed by atoms with E-state index in [2.05, 4.69) is 0 Å². The van der Waals surface area contributed by atoms with Gasteiger partial charge in [-0.2, -0.15) is 0 Å². The normalized spacial score (nSPS) is 22.8. The van der Waals surface area contributed by atoms with E-state index < -0.39 is 17.7 Å². The summed E-state index contributed by atoms with van der Waals surface area (Å²) >= 11 is 1.64. The third kappa shape index (κ3) is 5.78. The number of aliphatic imine (C=N–C) groups is 1. The Labute approximate surface area is 205 Å². The zero-order chi connectivity index (χ0) is 24.3. The van der Waals surface area contributed by atoms with Gasteiger partial charge in [-0.1, -0.05) is 36.4 Å². The molecule has 34 heavy (non-hydrogen) atoms. The van der Waals surface area contributed by atoms with Crippen LogP contribution in [0.25, 0.3) is 0 Å². The summed E-state index contributed by atoms with van der Waals surface area (Å²) in [4.78, 5) is 35.8. The van der Waals surface area contributed by atoms with Crippen LogP contribution in [-0.2, 0) is 20.7 Å². The number of piperazine rings is 1. The van der Waals surface area contributed by atoms with Crippen LogP contribution in [0.5, 0.6) is 0 Å². The molecule has 2 aromatic rings. The molecule has 0 saturated carbocycles. The van der Waals surface area contributed by atoms with Crippen LogP contribution in [0.4, 0.5) is 4.79 Å². The number of nitrogens with zero attached hydrogens (tertiary/aromatic N) is 3. The average molecular weight is 484 g/mol. The summed E-state index contributed by atoms with van der Waals surface area (Å²) in [7, 11) is 0. The molecule has 182 valence electrons. The molecular weight excluding hydrogens is 450 g/mol. The van der Waals surface area contributed by atoms with Crippen molar-refractivity contribution in [2.45, 2.75) is 64.3 Å². The van der Waals surface area contributed by atoms with E-state index in [0.29, 0.717) is 38.5 Å². The molecule has 1 aromatic heterocycles. The molecule has 2 aliphatic rings. The Morgan fingerprint density at radius 1 is 1.15 bits per heavy atom. The van der Waals surface area contributed by atoms with Crippen molar-refractivity contribution in [2.24, 2.45) is 4.99 Å². The van der Waals surface area contributed by atoms with Crippen LogP contribution in [0, 0.1) is 0 Å². The Kier molecular flexibility index (Phi) is 7.26. The largest absolute Gasteiger partial charge is 0.455 e. The molecule has 2 aliphatic heterocycles. The highest BCUT2D eigenvalue weighted by molar-refractivity contribution is 7.09. The number of rotatable bonds is 5. The van der Waals surface area contributed by atoms with Crippen LogP contribution in [0.3, 0.4) is 0 Å². The van der Waals surface area contributed by atoms with Crippen molar-refractivity contribution < 1.29 is 19.1 Å². The van der Waals surface area contributed by atoms with Crippen LogP contribution >= 0.6 is 11.3 Å². The maximum absolute atomic E-state index is 13.3. The summed E-state index contributed by atoms with van der Waals surface area (Å²) in [5.41, 5.74) is 0.445. The molecule has 1 aromatic carbocycles. The van der Waals surface area contributed by atoms with Gasteiger partial charge in [0.15, 0.2) is 5.78 Å². The zero-order valence-corrected chi connectivity index (χ0v) is 21.1. The Morgan fingerprint density at radius 2 is 1.91 bits per heavy atom. The summed E-state index contributed by atoms with van der Waals surface area (Å²) in [5, 5.41) is 2.01. The number of amides is 1. The number of carbonyl (C=O) groups excluding carboxylic acids is 2. The molecule has 0 spiro atoms. The van der Waals surface area contributed by atoms with E-state index in [0.717, 1.165) is 10.4 Å². The van der Waals surface area contributed by atoms with Gasteiger partial charge in [-0.25, -0.2) is 9.79 Å². The minimum atomic E-state index is -0.629. The van der Waals surface area contributed by atoms with E-state index in [4.69, 9.17) is 14.5 Å². The van der Waals surface area contributed by atoms with Gasteiger partial charge in [0.25, 0.3) is 6.02 Å². The average Bonchev–Trinajstić information content (AvgIpc) is 3.46. The number of thiophene rings is 1. The first-order valence-corrected chi connectivity index (χ1v) is 12.7. The van der Waals surface area contributed by atoms with Gasteiger partial charge in [0, 0.05) is 24.4 Å². The van der Waals surface area contributed by atoms with Crippen molar-refractivity contribution >= 4 is 29.2 Å². The molecule has 1 fully saturated rings. The number of amidine groups is 1. The van der Waals surface area contributed by atoms with Crippen LogP contribution in [0.1, 0.15) is 50.7 Å². The van der Waals surface area contributed by atoms with Crippen LogP contribution in [-0.4, -0.2) is 65.0 Å². The third-order valence-corrected chi connectivity index (χ3v) is 6.90. The predicted octanol–water partition coefficient (Wildman–Crippen LogP) is 4.69. The van der Waals surface area contributed by atoms with Gasteiger partial charge in [0.2, 0.25) is 0 Å². The topological polar surface area (TPSA) is 71.4 Å². The minimum Gasteiger partial charge on any atom is -0.455 e. The van der Waals surface area contributed by atoms with Crippen molar-refractivity contribution in [3.05, 3.63) is 58.3 Å². The van der Waals surface area contributed by atoms with E-state index in [9.17, 15) is 9.59 Å². The van der Waals surface area contributed by atoms with Crippen molar-refractivity contribution in [2.75, 3.05) is 19.6 Å². The first kappa shape index (κ1) is 24.3. The summed E-state index contributed by atoms with van der Waals surface area (Å²) in [5.74, 6) is 0.0233. The van der Waals surface area contributed by atoms with Crippen molar-refractivity contribution in [3.63, 3.8) is 0 Å². The molecule has 4 rings (SSSR count). The second kappa shape index (κ2) is 10.2. The predicted molar refractivity (Wildman–Crippen MR) is 133 cm³/mol. The fraction of sp³-hybridized carbons (Fsp3) is 0.500. The number of Topliss-reactive ketones (excluding diaryl/α,β-unsaturated/α-hetero) is 1. The van der Waals surface area contributed by atoms with Gasteiger partial charge < -0.3 is 14.4 Å². The highest BCUT2D eigenvalue weighted by Crippen LogP contribution is 2.31. The second-order valence-electron chi connectivity index (χ2n) is 9.78. The molecule has 8 heteroatoms. The van der Waals surface area contributed by atoms with Crippen molar-refractivity contribution in [1.82, 2.24) is 9.80 Å². The molecule has 3 heterocycles. The fourth-order valence-electron chi connectivity index (χ4n) is 4.27. The Bertz CT molecular complexity index is 1020. The highest BCUT2D eigenvalue weighted by Gasteiger charge is 2.40. The van der Waals surface area contributed by atoms with Crippen LogP contribution < -0.4 is 0 Å². The lowest BCUT2D eigenvalue weighted by Crippen LogP contribution is -2.60. The SMILES string of the molecule is C[C@@H]1N=C(N2CCN(C(=O)OC(C)(C)C)[C@H](C(=O)CCc3cccs3)C2)O[C@H]1c1ccccc1. The van der Waals surface area contributed by atoms with Crippen molar-refractivity contribution in [1.29, 1.82) is 0 Å². The van der Waals surface area contributed by atoms with Gasteiger partial charge in [-0.05, 0) is 51.1 Å². The zero-order valence-electron chi connectivity index (χ0n) is 20.3. The standard InChI is InChI=1S/C26H33N3O4S/c1-18-23(19-9-6-5-7-10-19)32-24(27-18)28-14-15-29(25(31)33-26(2,3)4)21(17-28)22(30)13-12-20-11-8-16-34-20/h5-11,16,18,21,23H,12-15,17H2,1-4H3/t18-,21-,23+/m0/s1. The van der Waals surface area contributed by atoms with E-state index >= 15 is 0 Å². The molecule has 7 nitrogen and oxygen atoms in total. The van der Waals surface area contributed by atoms with Gasteiger partial charge in [0.1, 0.15) is 17.7 Å².